The van der Waals surface area contributed by atoms with Gasteiger partial charge in [0.05, 0.1) is 0 Å². The Bertz CT molecular complexity index is 55.8. The van der Waals surface area contributed by atoms with E-state index >= 15 is 0 Å². The van der Waals surface area contributed by atoms with E-state index in [0.717, 1.165) is 0 Å². The first kappa shape index (κ1) is 5.45. The molecular weight excluding hydrogens is 79.8 g/mol. The van der Waals surface area contributed by atoms with Crippen LogP contribution in [0.2, 0.25) is 0 Å². The Morgan fingerprint density at radius 3 is 1.60 bits per heavy atom. The van der Waals surface area contributed by atoms with Crippen molar-refractivity contribution >= 4 is 14.1 Å². The third-order valence-electron chi connectivity index (χ3n) is 0. The SMILES string of the molecule is [B]=P(C)(C)N. The second-order valence-corrected chi connectivity index (χ2v) is 4.89. The van der Waals surface area contributed by atoms with Crippen molar-refractivity contribution in [3.05, 3.63) is 0 Å². The minimum absolute atomic E-state index is 1.39. The van der Waals surface area contributed by atoms with E-state index in [0.29, 0.717) is 0 Å². The van der Waals surface area contributed by atoms with Crippen LogP contribution in [0, 0.1) is 0 Å². The molecule has 29 valence electrons. The molecule has 0 aliphatic rings. The third-order valence-corrected chi connectivity index (χ3v) is 0. The average molecular weight is 87.9 g/mol. The summed E-state index contributed by atoms with van der Waals surface area (Å²) in [6, 6.07) is 0. The van der Waals surface area contributed by atoms with Crippen molar-refractivity contribution in [3.63, 3.8) is 0 Å². The Hall–Kier alpha value is 0.455. The van der Waals surface area contributed by atoms with E-state index in [4.69, 9.17) is 12.7 Å². The van der Waals surface area contributed by atoms with E-state index in [-0.39, 0.29) is 0 Å². The Morgan fingerprint density at radius 1 is 1.60 bits per heavy atom. The summed E-state index contributed by atoms with van der Waals surface area (Å²) in [5.74, 6) is 0. The maximum atomic E-state index is 5.24. The molecule has 0 saturated heterocycles. The minimum atomic E-state index is -1.39. The van der Waals surface area contributed by atoms with E-state index in [1.807, 2.05) is 13.3 Å². The number of nitrogens with two attached hydrogens (primary N) is 1. The molecule has 0 unspecified atom stereocenters. The molecule has 2 N–H and O–H groups in total. The van der Waals surface area contributed by atoms with Crippen LogP contribution in [0.25, 0.3) is 0 Å². The van der Waals surface area contributed by atoms with Gasteiger partial charge in [0.25, 0.3) is 0 Å². The van der Waals surface area contributed by atoms with Crippen LogP contribution in [0.4, 0.5) is 0 Å². The second-order valence-electron chi connectivity index (χ2n) is 1.63. The summed E-state index contributed by atoms with van der Waals surface area (Å²) in [5.41, 5.74) is 5.24. The van der Waals surface area contributed by atoms with E-state index in [2.05, 4.69) is 0 Å². The van der Waals surface area contributed by atoms with Crippen molar-refractivity contribution in [2.75, 3.05) is 13.3 Å². The molecule has 5 heavy (non-hydrogen) atoms. The number of hydrogen-bond acceptors (Lipinski definition) is 1. The quantitative estimate of drug-likeness (QED) is 0.332. The fourth-order valence-electron chi connectivity index (χ4n) is 0. The molecule has 1 nitrogen and oxygen atoms in total. The summed E-state index contributed by atoms with van der Waals surface area (Å²) in [6.07, 6.45) is 0. The van der Waals surface area contributed by atoms with Crippen LogP contribution in [-0.2, 0) is 0 Å². The van der Waals surface area contributed by atoms with E-state index in [9.17, 15) is 0 Å². The van der Waals surface area contributed by atoms with Crippen molar-refractivity contribution in [3.8, 4) is 0 Å². The molecule has 0 aromatic carbocycles. The standard InChI is InChI=1S/C2H8BNP/c1-5(2,3)4/h4H2,1-2H3. The van der Waals surface area contributed by atoms with Crippen molar-refractivity contribution in [2.24, 2.45) is 5.50 Å². The summed E-state index contributed by atoms with van der Waals surface area (Å²) in [5, 5.41) is 0. The molecule has 0 aromatic heterocycles. The van der Waals surface area contributed by atoms with E-state index < -0.39 is 6.90 Å². The molecule has 0 aliphatic carbocycles. The third kappa shape index (κ3) is 130. The van der Waals surface area contributed by atoms with Crippen LogP contribution in [-0.4, -0.2) is 20.5 Å². The summed E-state index contributed by atoms with van der Waals surface area (Å²) >= 11 is 0. The predicted octanol–water partition coefficient (Wildman–Crippen LogP) is 0.221. The summed E-state index contributed by atoms with van der Waals surface area (Å²) in [4.78, 5) is 0. The summed E-state index contributed by atoms with van der Waals surface area (Å²) < 4.78 is 0. The van der Waals surface area contributed by atoms with Gasteiger partial charge < -0.3 is 0 Å². The first-order chi connectivity index (χ1) is 2.00. The van der Waals surface area contributed by atoms with Crippen LogP contribution >= 0.6 is 6.90 Å². The van der Waals surface area contributed by atoms with Crippen LogP contribution in [0.1, 0.15) is 0 Å². The second kappa shape index (κ2) is 1.28. The van der Waals surface area contributed by atoms with E-state index in [1.54, 1.807) is 0 Å². The molecule has 0 amide bonds. The fourth-order valence-corrected chi connectivity index (χ4v) is 0. The molecule has 0 saturated carbocycles. The Kier molecular flexibility index (Phi) is 1.39. The van der Waals surface area contributed by atoms with Crippen LogP contribution in [0.3, 0.4) is 0 Å². The van der Waals surface area contributed by atoms with Gasteiger partial charge in [-0.2, -0.15) is 0 Å². The fraction of sp³-hybridized carbons (Fsp3) is 1.00. The van der Waals surface area contributed by atoms with Gasteiger partial charge in [-0.1, -0.05) is 0 Å². The first-order valence-corrected chi connectivity index (χ1v) is 4.23. The van der Waals surface area contributed by atoms with Crippen molar-refractivity contribution in [2.45, 2.75) is 0 Å². The van der Waals surface area contributed by atoms with E-state index in [1.165, 1.54) is 0 Å². The van der Waals surface area contributed by atoms with Gasteiger partial charge in [0.2, 0.25) is 0 Å². The molecule has 0 heterocycles. The van der Waals surface area contributed by atoms with Gasteiger partial charge in [-0.15, -0.1) is 0 Å². The molecule has 1 radical (unpaired) electrons. The van der Waals surface area contributed by atoms with Crippen LogP contribution < -0.4 is 5.50 Å². The zero-order valence-corrected chi connectivity index (χ0v) is 4.50. The molecule has 3 heteroatoms. The van der Waals surface area contributed by atoms with Crippen LogP contribution in [0.5, 0.6) is 0 Å². The van der Waals surface area contributed by atoms with Gasteiger partial charge in [0.15, 0.2) is 0 Å². The topological polar surface area (TPSA) is 26.0 Å². The molecule has 0 aromatic rings. The van der Waals surface area contributed by atoms with Gasteiger partial charge in [-0.3, -0.25) is 0 Å². The maximum absolute atomic E-state index is 5.24. The predicted molar refractivity (Wildman–Crippen MR) is 28.7 cm³/mol. The van der Waals surface area contributed by atoms with Crippen LogP contribution in [0.15, 0.2) is 0 Å². The molecule has 0 bridgehead atoms. The molecule has 0 spiro atoms. The zero-order valence-electron chi connectivity index (χ0n) is 3.60. The summed E-state index contributed by atoms with van der Waals surface area (Å²) in [6.45, 7) is 2.32. The summed E-state index contributed by atoms with van der Waals surface area (Å²) in [7, 11) is 5.24. The average Bonchev–Trinajstić information content (AvgIpc) is 0.722. The van der Waals surface area contributed by atoms with Gasteiger partial charge in [-0.05, 0) is 0 Å². The molecule has 0 fully saturated rings. The van der Waals surface area contributed by atoms with Crippen molar-refractivity contribution in [1.29, 1.82) is 0 Å². The Morgan fingerprint density at radius 2 is 1.60 bits per heavy atom. The number of hydrogen-bond donors (Lipinski definition) is 1. The monoisotopic (exact) mass is 88.0 g/mol. The van der Waals surface area contributed by atoms with Gasteiger partial charge in [0.1, 0.15) is 0 Å². The zero-order chi connectivity index (χ0) is 4.50. The van der Waals surface area contributed by atoms with Crippen molar-refractivity contribution < 1.29 is 0 Å². The normalized spacial score (nSPS) is 11.6. The Labute approximate surface area is 33.9 Å². The van der Waals surface area contributed by atoms with Gasteiger partial charge in [0, 0.05) is 0 Å². The van der Waals surface area contributed by atoms with Crippen molar-refractivity contribution in [1.82, 2.24) is 0 Å². The molecular formula is C2H8BNP. The number of rotatable bonds is 0. The molecule has 0 aliphatic heterocycles. The van der Waals surface area contributed by atoms with Gasteiger partial charge >= 0.3 is 32.9 Å². The first-order valence-electron chi connectivity index (χ1n) is 1.41. The molecule has 0 atom stereocenters. The molecule has 0 rings (SSSR count). The van der Waals surface area contributed by atoms with Gasteiger partial charge in [-0.25, -0.2) is 0 Å². The Balaban J connectivity index is 3.47.